The number of ether oxygens (including phenoxy) is 1. The predicted octanol–water partition coefficient (Wildman–Crippen LogP) is 3.08. The number of aromatic nitrogens is 1. The van der Waals surface area contributed by atoms with Gasteiger partial charge in [0.2, 0.25) is 5.91 Å². The van der Waals surface area contributed by atoms with Crippen LogP contribution < -0.4 is 0 Å². The lowest BCUT2D eigenvalue weighted by Gasteiger charge is -2.14. The summed E-state index contributed by atoms with van der Waals surface area (Å²) in [6.07, 6.45) is 0. The molecule has 0 aliphatic carbocycles. The van der Waals surface area contributed by atoms with Crippen LogP contribution in [0.1, 0.15) is 16.7 Å². The molecule has 2 heterocycles. The van der Waals surface area contributed by atoms with E-state index in [-0.39, 0.29) is 19.1 Å². The first-order chi connectivity index (χ1) is 11.5. The Bertz CT molecular complexity index is 825. The molecule has 1 fully saturated rings. The quantitative estimate of drug-likeness (QED) is 0.616. The number of fused-ring (bicyclic) bond motifs is 1. The van der Waals surface area contributed by atoms with Gasteiger partial charge in [0.25, 0.3) is 0 Å². The van der Waals surface area contributed by atoms with Gasteiger partial charge in [0.1, 0.15) is 18.3 Å². The molecule has 126 valence electrons. The molecule has 0 N–H and O–H groups in total. The summed E-state index contributed by atoms with van der Waals surface area (Å²) in [6.45, 7) is 4.05. The van der Waals surface area contributed by atoms with Crippen LogP contribution >= 0.6 is 23.4 Å². The Morgan fingerprint density at radius 3 is 2.92 bits per heavy atom. The minimum absolute atomic E-state index is 0.0250. The van der Waals surface area contributed by atoms with Gasteiger partial charge in [-0.1, -0.05) is 23.7 Å². The number of halogens is 1. The van der Waals surface area contributed by atoms with Crippen molar-refractivity contribution in [3.05, 3.63) is 40.0 Å². The lowest BCUT2D eigenvalue weighted by molar-refractivity contribution is -0.148. The second-order valence-electron chi connectivity index (χ2n) is 5.75. The third-order valence-electron chi connectivity index (χ3n) is 4.07. The fourth-order valence-corrected chi connectivity index (χ4v) is 3.60. The van der Waals surface area contributed by atoms with E-state index >= 15 is 0 Å². The highest BCUT2D eigenvalue weighted by Gasteiger charge is 2.23. The van der Waals surface area contributed by atoms with Gasteiger partial charge in [-0.3, -0.25) is 9.59 Å². The van der Waals surface area contributed by atoms with Crippen molar-refractivity contribution >= 4 is 46.1 Å². The van der Waals surface area contributed by atoms with E-state index in [2.05, 4.69) is 4.98 Å². The van der Waals surface area contributed by atoms with E-state index in [1.807, 2.05) is 32.0 Å². The number of thioether (sulfide) groups is 1. The Morgan fingerprint density at radius 1 is 1.42 bits per heavy atom. The average molecular weight is 365 g/mol. The fraction of sp³-hybridized carbons (Fsp3) is 0.353. The highest BCUT2D eigenvalue weighted by atomic mass is 35.5. The zero-order valence-electron chi connectivity index (χ0n) is 13.5. The Morgan fingerprint density at radius 2 is 2.21 bits per heavy atom. The predicted molar refractivity (Wildman–Crippen MR) is 95.1 cm³/mol. The smallest absolute Gasteiger partial charge is 0.326 e. The topological polar surface area (TPSA) is 59.5 Å². The molecule has 1 amide bonds. The summed E-state index contributed by atoms with van der Waals surface area (Å²) in [5.74, 6) is 0.479. The molecule has 1 saturated heterocycles. The van der Waals surface area contributed by atoms with Crippen LogP contribution in [0.4, 0.5) is 0 Å². The molecule has 1 aliphatic rings. The molecule has 1 aliphatic heterocycles. The highest BCUT2D eigenvalue weighted by Crippen LogP contribution is 2.25. The van der Waals surface area contributed by atoms with E-state index in [1.165, 1.54) is 16.7 Å². The number of amides is 1. The Labute approximate surface area is 149 Å². The maximum Gasteiger partial charge on any atom is 0.326 e. The van der Waals surface area contributed by atoms with Gasteiger partial charge in [-0.25, -0.2) is 4.98 Å². The molecule has 0 saturated carbocycles. The number of pyridine rings is 1. The molecule has 1 aromatic heterocycles. The molecule has 2 aromatic rings. The van der Waals surface area contributed by atoms with Gasteiger partial charge in [0, 0.05) is 10.9 Å². The number of carbonyl (C=O) groups excluding carboxylic acids is 2. The van der Waals surface area contributed by atoms with Crippen LogP contribution in [0, 0.1) is 13.8 Å². The largest absolute Gasteiger partial charge is 0.459 e. The van der Waals surface area contributed by atoms with E-state index in [1.54, 1.807) is 0 Å². The molecule has 0 spiro atoms. The fourth-order valence-electron chi connectivity index (χ4n) is 2.51. The van der Waals surface area contributed by atoms with Crippen molar-refractivity contribution < 1.29 is 14.3 Å². The van der Waals surface area contributed by atoms with E-state index in [0.29, 0.717) is 22.3 Å². The SMILES string of the molecule is Cc1ccc2cc(COC(=O)CN3CSCC3=O)c(Cl)nc2c1C. The molecular weight excluding hydrogens is 348 g/mol. The Hall–Kier alpha value is -1.79. The van der Waals surface area contributed by atoms with Crippen LogP contribution in [-0.2, 0) is 20.9 Å². The van der Waals surface area contributed by atoms with Crippen LogP contribution in [0.2, 0.25) is 5.15 Å². The second-order valence-corrected chi connectivity index (χ2v) is 7.06. The van der Waals surface area contributed by atoms with Gasteiger partial charge in [0.05, 0.1) is 17.1 Å². The monoisotopic (exact) mass is 364 g/mol. The van der Waals surface area contributed by atoms with Crippen molar-refractivity contribution in [1.29, 1.82) is 0 Å². The maximum absolute atomic E-state index is 11.9. The molecule has 0 atom stereocenters. The minimum Gasteiger partial charge on any atom is -0.459 e. The van der Waals surface area contributed by atoms with Gasteiger partial charge in [-0.2, -0.15) is 0 Å². The summed E-state index contributed by atoms with van der Waals surface area (Å²) >= 11 is 7.72. The summed E-state index contributed by atoms with van der Waals surface area (Å²) in [5.41, 5.74) is 3.75. The molecule has 3 rings (SSSR count). The number of hydrogen-bond donors (Lipinski definition) is 0. The first-order valence-corrected chi connectivity index (χ1v) is 9.05. The Balaban J connectivity index is 1.71. The lowest BCUT2D eigenvalue weighted by Crippen LogP contribution is -2.32. The van der Waals surface area contributed by atoms with E-state index in [4.69, 9.17) is 16.3 Å². The van der Waals surface area contributed by atoms with Crippen molar-refractivity contribution in [3.63, 3.8) is 0 Å². The number of carbonyl (C=O) groups is 2. The van der Waals surface area contributed by atoms with Crippen molar-refractivity contribution in [1.82, 2.24) is 9.88 Å². The van der Waals surface area contributed by atoms with E-state index in [9.17, 15) is 9.59 Å². The van der Waals surface area contributed by atoms with Crippen molar-refractivity contribution in [3.8, 4) is 0 Å². The molecule has 7 heteroatoms. The van der Waals surface area contributed by atoms with Gasteiger partial charge >= 0.3 is 5.97 Å². The van der Waals surface area contributed by atoms with Crippen LogP contribution in [0.3, 0.4) is 0 Å². The number of rotatable bonds is 4. The minimum atomic E-state index is -0.442. The highest BCUT2D eigenvalue weighted by molar-refractivity contribution is 8.00. The first-order valence-electron chi connectivity index (χ1n) is 7.52. The number of hydrogen-bond acceptors (Lipinski definition) is 5. The van der Waals surface area contributed by atoms with Crippen LogP contribution in [0.25, 0.3) is 10.9 Å². The molecule has 1 aromatic carbocycles. The average Bonchev–Trinajstić information content (AvgIpc) is 2.95. The van der Waals surface area contributed by atoms with Gasteiger partial charge in [-0.05, 0) is 31.0 Å². The van der Waals surface area contributed by atoms with Gasteiger partial charge < -0.3 is 9.64 Å². The molecule has 0 radical (unpaired) electrons. The third-order valence-corrected chi connectivity index (χ3v) is 5.34. The van der Waals surface area contributed by atoms with Crippen molar-refractivity contribution in [2.24, 2.45) is 0 Å². The number of benzene rings is 1. The molecule has 0 bridgehead atoms. The number of esters is 1. The number of nitrogens with zero attached hydrogens (tertiary/aromatic N) is 2. The molecule has 24 heavy (non-hydrogen) atoms. The van der Waals surface area contributed by atoms with Gasteiger partial charge in [0.15, 0.2) is 0 Å². The normalized spacial score (nSPS) is 14.5. The van der Waals surface area contributed by atoms with Crippen LogP contribution in [0.5, 0.6) is 0 Å². The summed E-state index contributed by atoms with van der Waals surface area (Å²) in [5, 5.41) is 1.29. The molecular formula is C17H17ClN2O3S. The summed E-state index contributed by atoms with van der Waals surface area (Å²) in [7, 11) is 0. The number of aryl methyl sites for hydroxylation is 2. The van der Waals surface area contributed by atoms with Gasteiger partial charge in [-0.15, -0.1) is 11.8 Å². The summed E-state index contributed by atoms with van der Waals surface area (Å²) < 4.78 is 5.26. The molecule has 5 nitrogen and oxygen atoms in total. The van der Waals surface area contributed by atoms with Crippen molar-refractivity contribution in [2.75, 3.05) is 18.2 Å². The zero-order valence-corrected chi connectivity index (χ0v) is 15.0. The van der Waals surface area contributed by atoms with Crippen molar-refractivity contribution in [2.45, 2.75) is 20.5 Å². The van der Waals surface area contributed by atoms with E-state index < -0.39 is 5.97 Å². The first kappa shape index (κ1) is 17.0. The maximum atomic E-state index is 11.9. The zero-order chi connectivity index (χ0) is 17.3. The molecule has 0 unspecified atom stereocenters. The standard InChI is InChI=1S/C17H17ClN2O3S/c1-10-3-4-12-5-13(17(18)19-16(12)11(10)2)7-23-15(22)6-20-9-24-8-14(20)21/h3-5H,6-9H2,1-2H3. The lowest BCUT2D eigenvalue weighted by atomic mass is 10.0. The second kappa shape index (κ2) is 6.99. The Kier molecular flexibility index (Phi) is 4.96. The third kappa shape index (κ3) is 3.49. The van der Waals surface area contributed by atoms with Crippen LogP contribution in [-0.4, -0.2) is 39.9 Å². The summed E-state index contributed by atoms with van der Waals surface area (Å²) in [4.78, 5) is 29.3. The van der Waals surface area contributed by atoms with Crippen LogP contribution in [0.15, 0.2) is 18.2 Å². The van der Waals surface area contributed by atoms with E-state index in [0.717, 1.165) is 22.0 Å². The summed E-state index contributed by atoms with van der Waals surface area (Å²) in [6, 6.07) is 5.90.